The monoisotopic (exact) mass is 451 g/mol. The lowest BCUT2D eigenvalue weighted by Gasteiger charge is -2.17. The van der Waals surface area contributed by atoms with Crippen LogP contribution in [-0.2, 0) is 17.9 Å². The Morgan fingerprint density at radius 3 is 2.71 bits per heavy atom. The Morgan fingerprint density at radius 2 is 1.97 bits per heavy atom. The van der Waals surface area contributed by atoms with Crippen LogP contribution in [0.2, 0.25) is 5.02 Å². The van der Waals surface area contributed by atoms with Gasteiger partial charge in [0.1, 0.15) is 17.5 Å². The number of nitrogens with zero attached hydrogens (tertiary/aromatic N) is 4. The van der Waals surface area contributed by atoms with Gasteiger partial charge in [-0.15, -0.1) is 0 Å². The molecule has 31 heavy (non-hydrogen) atoms. The third-order valence-electron chi connectivity index (χ3n) is 5.96. The van der Waals surface area contributed by atoms with Gasteiger partial charge in [-0.3, -0.25) is 9.59 Å². The van der Waals surface area contributed by atoms with E-state index in [0.717, 1.165) is 19.0 Å². The summed E-state index contributed by atoms with van der Waals surface area (Å²) in [5, 5.41) is 2.42. The van der Waals surface area contributed by atoms with Crippen LogP contribution in [0.1, 0.15) is 29.0 Å². The fourth-order valence-corrected chi connectivity index (χ4v) is 4.47. The average Bonchev–Trinajstić information content (AvgIpc) is 3.31. The Balaban J connectivity index is 1.76. The van der Waals surface area contributed by atoms with Gasteiger partial charge in [0.15, 0.2) is 5.69 Å². The van der Waals surface area contributed by atoms with Gasteiger partial charge in [-0.25, -0.2) is 13.8 Å². The number of hydrogen-bond acceptors (Lipinski definition) is 4. The highest BCUT2D eigenvalue weighted by molar-refractivity contribution is 6.31. The molecule has 2 aliphatic rings. The van der Waals surface area contributed by atoms with Crippen molar-refractivity contribution in [1.82, 2.24) is 24.7 Å². The first kappa shape index (κ1) is 21.7. The standard InChI is InChI=1S/C21H24ClF2N5O2/c1-25-20(30)12-4-7-28(10-12)21(31)18-17-11-27(2)5-3-6-29(17)19(26-18)13-8-14(22)16(24)9-15(13)23/h8-9,12H,3-7,10-11H2,1-2H3,(H,25,30)/t12-/m0/s1. The molecule has 0 bridgehead atoms. The van der Waals surface area contributed by atoms with Crippen molar-refractivity contribution in [1.29, 1.82) is 0 Å². The Hall–Kier alpha value is -2.52. The Kier molecular flexibility index (Phi) is 5.98. The zero-order valence-electron chi connectivity index (χ0n) is 17.4. The molecule has 1 N–H and O–H groups in total. The van der Waals surface area contributed by atoms with Gasteiger partial charge in [-0.2, -0.15) is 0 Å². The van der Waals surface area contributed by atoms with E-state index >= 15 is 0 Å². The van der Waals surface area contributed by atoms with Crippen molar-refractivity contribution in [3.05, 3.63) is 40.2 Å². The minimum Gasteiger partial charge on any atom is -0.359 e. The van der Waals surface area contributed by atoms with Crippen molar-refractivity contribution in [2.75, 3.05) is 33.7 Å². The largest absolute Gasteiger partial charge is 0.359 e. The molecule has 166 valence electrons. The van der Waals surface area contributed by atoms with Crippen LogP contribution in [0.5, 0.6) is 0 Å². The first-order chi connectivity index (χ1) is 14.8. The molecule has 2 amide bonds. The summed E-state index contributed by atoms with van der Waals surface area (Å²) in [5.74, 6) is -2.01. The molecule has 1 aromatic carbocycles. The van der Waals surface area contributed by atoms with Crippen molar-refractivity contribution in [2.45, 2.75) is 25.9 Å². The maximum Gasteiger partial charge on any atom is 0.274 e. The van der Waals surface area contributed by atoms with Crippen LogP contribution >= 0.6 is 11.6 Å². The molecule has 3 heterocycles. The fraction of sp³-hybridized carbons (Fsp3) is 0.476. The van der Waals surface area contributed by atoms with E-state index in [0.29, 0.717) is 38.3 Å². The zero-order chi connectivity index (χ0) is 22.3. The molecule has 1 atom stereocenters. The van der Waals surface area contributed by atoms with E-state index < -0.39 is 11.6 Å². The van der Waals surface area contributed by atoms with E-state index in [1.807, 2.05) is 11.6 Å². The summed E-state index contributed by atoms with van der Waals surface area (Å²) in [6.45, 7) is 2.59. The van der Waals surface area contributed by atoms with E-state index in [1.165, 1.54) is 6.07 Å². The molecule has 4 rings (SSSR count). The topological polar surface area (TPSA) is 70.5 Å². The Morgan fingerprint density at radius 1 is 1.19 bits per heavy atom. The predicted molar refractivity (Wildman–Crippen MR) is 112 cm³/mol. The van der Waals surface area contributed by atoms with E-state index in [2.05, 4.69) is 15.2 Å². The van der Waals surface area contributed by atoms with Crippen LogP contribution in [0.3, 0.4) is 0 Å². The van der Waals surface area contributed by atoms with Gasteiger partial charge in [-0.1, -0.05) is 11.6 Å². The molecule has 0 saturated carbocycles. The lowest BCUT2D eigenvalue weighted by Crippen LogP contribution is -2.34. The van der Waals surface area contributed by atoms with Crippen LogP contribution < -0.4 is 5.32 Å². The van der Waals surface area contributed by atoms with Gasteiger partial charge in [0.05, 0.1) is 22.2 Å². The number of amides is 2. The van der Waals surface area contributed by atoms with Crippen LogP contribution in [0.4, 0.5) is 8.78 Å². The van der Waals surface area contributed by atoms with Gasteiger partial charge in [0.25, 0.3) is 5.91 Å². The summed E-state index contributed by atoms with van der Waals surface area (Å²) >= 11 is 5.91. The maximum atomic E-state index is 14.7. The van der Waals surface area contributed by atoms with E-state index in [4.69, 9.17) is 11.6 Å². The summed E-state index contributed by atoms with van der Waals surface area (Å²) in [7, 11) is 3.52. The second kappa shape index (κ2) is 8.55. The number of benzene rings is 1. The normalized spacial score (nSPS) is 19.3. The molecule has 2 aromatic rings. The highest BCUT2D eigenvalue weighted by atomic mass is 35.5. The number of halogens is 3. The van der Waals surface area contributed by atoms with Crippen LogP contribution in [0.15, 0.2) is 12.1 Å². The fourth-order valence-electron chi connectivity index (χ4n) is 4.30. The van der Waals surface area contributed by atoms with Crippen molar-refractivity contribution in [2.24, 2.45) is 5.92 Å². The summed E-state index contributed by atoms with van der Waals surface area (Å²) < 4.78 is 30.2. The van der Waals surface area contributed by atoms with E-state index in [1.54, 1.807) is 11.9 Å². The molecule has 1 aromatic heterocycles. The molecular formula is C21H24ClF2N5O2. The second-order valence-corrected chi connectivity index (χ2v) is 8.48. The highest BCUT2D eigenvalue weighted by Gasteiger charge is 2.35. The molecule has 1 fully saturated rings. The van der Waals surface area contributed by atoms with Gasteiger partial charge < -0.3 is 19.7 Å². The Bertz CT molecular complexity index is 1040. The van der Waals surface area contributed by atoms with Crippen LogP contribution in [0, 0.1) is 17.6 Å². The molecule has 7 nitrogen and oxygen atoms in total. The molecule has 0 spiro atoms. The number of rotatable bonds is 3. The predicted octanol–water partition coefficient (Wildman–Crippen LogP) is 2.53. The lowest BCUT2D eigenvalue weighted by atomic mass is 10.1. The lowest BCUT2D eigenvalue weighted by molar-refractivity contribution is -0.124. The number of nitrogens with one attached hydrogen (secondary N) is 1. The minimum absolute atomic E-state index is 0.0564. The molecule has 0 aliphatic carbocycles. The van der Waals surface area contributed by atoms with Gasteiger partial charge in [0.2, 0.25) is 5.91 Å². The SMILES string of the molecule is CNC(=O)[C@H]1CCN(C(=O)c2nc(-c3cc(Cl)c(F)cc3F)n3c2CN(C)CCC3)C1. The maximum absolute atomic E-state index is 14.7. The number of carbonyl (C=O) groups is 2. The average molecular weight is 452 g/mol. The number of imidazole rings is 1. The van der Waals surface area contributed by atoms with E-state index in [9.17, 15) is 18.4 Å². The van der Waals surface area contributed by atoms with Gasteiger partial charge in [0, 0.05) is 39.3 Å². The second-order valence-electron chi connectivity index (χ2n) is 8.07. The molecule has 1 saturated heterocycles. The number of likely N-dealkylation sites (tertiary alicyclic amines) is 1. The first-order valence-corrected chi connectivity index (χ1v) is 10.6. The minimum atomic E-state index is -0.848. The van der Waals surface area contributed by atoms with Crippen molar-refractivity contribution in [3.8, 4) is 11.4 Å². The third kappa shape index (κ3) is 4.04. The van der Waals surface area contributed by atoms with Crippen molar-refractivity contribution in [3.63, 3.8) is 0 Å². The number of aromatic nitrogens is 2. The third-order valence-corrected chi connectivity index (χ3v) is 6.25. The van der Waals surface area contributed by atoms with E-state index in [-0.39, 0.29) is 39.8 Å². The zero-order valence-corrected chi connectivity index (χ0v) is 18.2. The van der Waals surface area contributed by atoms with Crippen molar-refractivity contribution < 1.29 is 18.4 Å². The number of carbonyl (C=O) groups excluding carboxylic acids is 2. The van der Waals surface area contributed by atoms with Gasteiger partial charge >= 0.3 is 0 Å². The summed E-state index contributed by atoms with van der Waals surface area (Å²) in [6, 6.07) is 1.94. The quantitative estimate of drug-likeness (QED) is 0.728. The molecule has 0 radical (unpaired) electrons. The molecule has 2 aliphatic heterocycles. The van der Waals surface area contributed by atoms with Crippen LogP contribution in [-0.4, -0.2) is 64.9 Å². The number of fused-ring (bicyclic) bond motifs is 1. The summed E-state index contributed by atoms with van der Waals surface area (Å²) in [4.78, 5) is 33.6. The molecule has 0 unspecified atom stereocenters. The first-order valence-electron chi connectivity index (χ1n) is 10.2. The Labute approximate surface area is 184 Å². The van der Waals surface area contributed by atoms with Crippen LogP contribution in [0.25, 0.3) is 11.4 Å². The number of hydrogen-bond donors (Lipinski definition) is 1. The highest BCUT2D eigenvalue weighted by Crippen LogP contribution is 2.32. The molecular weight excluding hydrogens is 428 g/mol. The smallest absolute Gasteiger partial charge is 0.274 e. The molecule has 10 heteroatoms. The van der Waals surface area contributed by atoms with Crippen molar-refractivity contribution >= 4 is 23.4 Å². The van der Waals surface area contributed by atoms with Gasteiger partial charge in [-0.05, 0) is 32.5 Å². The summed E-state index contributed by atoms with van der Waals surface area (Å²) in [5.41, 5.74) is 0.977. The summed E-state index contributed by atoms with van der Waals surface area (Å²) in [6.07, 6.45) is 1.37.